The number of nitrogens with zero attached hydrogens (tertiary/aromatic N) is 2. The van der Waals surface area contributed by atoms with Crippen molar-refractivity contribution >= 4 is 12.1 Å². The third-order valence-corrected chi connectivity index (χ3v) is 4.27. The van der Waals surface area contributed by atoms with Crippen molar-refractivity contribution in [2.24, 2.45) is 10.2 Å². The molecule has 0 aliphatic rings. The van der Waals surface area contributed by atoms with Gasteiger partial charge in [0, 0.05) is 18.6 Å². The predicted molar refractivity (Wildman–Crippen MR) is 119 cm³/mol. The molecule has 0 saturated carbocycles. The Bertz CT molecular complexity index is 898. The van der Waals surface area contributed by atoms with Crippen LogP contribution < -0.4 is 10.2 Å². The zero-order chi connectivity index (χ0) is 22.4. The van der Waals surface area contributed by atoms with E-state index in [0.29, 0.717) is 11.1 Å². The van der Waals surface area contributed by atoms with Crippen LogP contribution in [0.4, 0.5) is 0 Å². The fourth-order valence-electron chi connectivity index (χ4n) is 2.59. The maximum Gasteiger partial charge on any atom is 2.00 e. The molecule has 7 nitrogen and oxygen atoms in total. The maximum atomic E-state index is 12.8. The Labute approximate surface area is 195 Å². The molecule has 0 heterocycles. The molecule has 0 atom stereocenters. The number of benzene rings is 2. The molecule has 5 N–H and O–H groups in total. The van der Waals surface area contributed by atoms with Gasteiger partial charge in [0.2, 0.25) is 0 Å². The van der Waals surface area contributed by atoms with Crippen molar-refractivity contribution in [3.05, 3.63) is 58.7 Å². The molecule has 0 aliphatic carbocycles. The van der Waals surface area contributed by atoms with Crippen LogP contribution in [0.15, 0.2) is 46.6 Å². The van der Waals surface area contributed by atoms with Gasteiger partial charge in [-0.2, -0.15) is 10.2 Å². The number of hydrogen-bond acceptors (Lipinski definition) is 6. The van der Waals surface area contributed by atoms with Gasteiger partial charge in [-0.15, -0.1) is 0 Å². The number of para-hydroxylation sites is 1. The normalized spacial score (nSPS) is 11.8. The fraction of sp³-hybridized carbons (Fsp3) is 0.391. The van der Waals surface area contributed by atoms with Crippen LogP contribution in [-0.4, -0.2) is 29.4 Å². The van der Waals surface area contributed by atoms with Crippen LogP contribution in [0.2, 0.25) is 0 Å². The molecule has 2 aromatic rings. The first-order chi connectivity index (χ1) is 13.4. The van der Waals surface area contributed by atoms with E-state index < -0.39 is 5.90 Å². The second-order valence-electron chi connectivity index (χ2n) is 8.61. The van der Waals surface area contributed by atoms with Crippen LogP contribution in [0.25, 0.3) is 0 Å². The summed E-state index contributed by atoms with van der Waals surface area (Å²) in [5.74, 6) is -0.944. The molecule has 0 amide bonds. The molecule has 8 heteroatoms. The third-order valence-electron chi connectivity index (χ3n) is 4.27. The van der Waals surface area contributed by atoms with Crippen molar-refractivity contribution in [3.63, 3.8) is 0 Å². The van der Waals surface area contributed by atoms with Gasteiger partial charge in [-0.25, -0.2) is 0 Å². The minimum Gasteiger partial charge on any atom is -0.872 e. The summed E-state index contributed by atoms with van der Waals surface area (Å²) >= 11 is 0. The molecule has 0 unspecified atom stereocenters. The number of aromatic hydroxyl groups is 1. The smallest absolute Gasteiger partial charge is 0.872 e. The number of aliphatic hydroxyl groups excluding tert-OH is 1. The van der Waals surface area contributed by atoms with E-state index in [4.69, 9.17) is 5.11 Å². The Hall–Kier alpha value is -2.38. The minimum absolute atomic E-state index is 0. The SMILES string of the molecule is CC(C)(C)c1cc(/C=N/N=C(\[O-])c2ccccc2O)c([O-])c(C(C)(C)C)c1.CO.[Cu+2].[OH3+]. The molecule has 0 bridgehead atoms. The van der Waals surface area contributed by atoms with Gasteiger partial charge in [0.1, 0.15) is 5.75 Å². The number of hydrogen-bond donors (Lipinski definition) is 2. The van der Waals surface area contributed by atoms with Crippen LogP contribution in [0.5, 0.6) is 11.5 Å². The summed E-state index contributed by atoms with van der Waals surface area (Å²) in [4.78, 5) is 0. The zero-order valence-electron chi connectivity index (χ0n) is 19.0. The van der Waals surface area contributed by atoms with E-state index in [9.17, 15) is 15.3 Å². The van der Waals surface area contributed by atoms with Gasteiger partial charge in [-0.05, 0) is 33.6 Å². The van der Waals surface area contributed by atoms with Gasteiger partial charge in [0.15, 0.2) is 0 Å². The van der Waals surface area contributed by atoms with Gasteiger partial charge in [0.25, 0.3) is 0 Å². The van der Waals surface area contributed by atoms with Crippen LogP contribution in [-0.2, 0) is 33.4 Å². The van der Waals surface area contributed by atoms with Crippen LogP contribution in [0, 0.1) is 0 Å². The first-order valence-electron chi connectivity index (χ1n) is 9.28. The molecule has 0 aromatic heterocycles. The molecular formula is C23H33CuN2O5+. The standard InChI is InChI=1S/C22H28N2O3.CH4O.Cu.H2O/c1-21(2,3)15-11-14(19(26)17(12-15)22(4,5)6)13-23-24-20(27)16-9-7-8-10-18(16)25;1-2;;/h7-13,25-26H,1-6H3,(H,24,27);2H,1H3;;1H2/q;;+2;/p-1/b23-13+;;;. The quantitative estimate of drug-likeness (QED) is 0.227. The molecule has 175 valence electrons. The average Bonchev–Trinajstić information content (AvgIpc) is 2.63. The molecule has 0 spiro atoms. The van der Waals surface area contributed by atoms with Crippen LogP contribution >= 0.6 is 0 Å². The molecular weight excluding hydrogens is 448 g/mol. The topological polar surface area (TPSA) is 144 Å². The molecule has 0 fully saturated rings. The largest absolute Gasteiger partial charge is 2.00 e. The summed E-state index contributed by atoms with van der Waals surface area (Å²) in [5.41, 5.74) is 1.71. The number of phenolic OH excluding ortho intramolecular Hbond substituents is 1. The van der Waals surface area contributed by atoms with Crippen molar-refractivity contribution in [3.8, 4) is 11.5 Å². The Kier molecular flexibility index (Phi) is 12.4. The van der Waals surface area contributed by atoms with E-state index >= 15 is 0 Å². The molecule has 2 rings (SSSR count). The second kappa shape index (κ2) is 12.5. The minimum atomic E-state index is -0.667. The van der Waals surface area contributed by atoms with E-state index in [-0.39, 0.29) is 50.4 Å². The van der Waals surface area contributed by atoms with Crippen molar-refractivity contribution in [1.82, 2.24) is 0 Å². The molecule has 31 heavy (non-hydrogen) atoms. The van der Waals surface area contributed by atoms with Crippen LogP contribution in [0.3, 0.4) is 0 Å². The fourth-order valence-corrected chi connectivity index (χ4v) is 2.59. The van der Waals surface area contributed by atoms with E-state index in [0.717, 1.165) is 12.7 Å². The maximum absolute atomic E-state index is 12.8. The first kappa shape index (κ1) is 30.8. The summed E-state index contributed by atoms with van der Waals surface area (Å²) in [7, 11) is 1.00. The molecule has 0 aliphatic heterocycles. The van der Waals surface area contributed by atoms with Gasteiger partial charge in [-0.1, -0.05) is 77.6 Å². The van der Waals surface area contributed by atoms with Crippen molar-refractivity contribution in [2.75, 3.05) is 7.11 Å². The van der Waals surface area contributed by atoms with Crippen molar-refractivity contribution in [2.45, 2.75) is 52.4 Å². The van der Waals surface area contributed by atoms with E-state index in [2.05, 4.69) is 31.0 Å². The molecule has 2 aromatic carbocycles. The van der Waals surface area contributed by atoms with Crippen molar-refractivity contribution in [1.29, 1.82) is 0 Å². The Balaban J connectivity index is 0. The first-order valence-corrected chi connectivity index (χ1v) is 9.28. The number of phenols is 1. The Morgan fingerprint density at radius 2 is 1.52 bits per heavy atom. The van der Waals surface area contributed by atoms with E-state index in [1.54, 1.807) is 18.2 Å². The Morgan fingerprint density at radius 3 is 2.00 bits per heavy atom. The summed E-state index contributed by atoms with van der Waals surface area (Å²) in [6, 6.07) is 9.86. The average molecular weight is 481 g/mol. The third kappa shape index (κ3) is 8.34. The number of rotatable bonds is 3. The van der Waals surface area contributed by atoms with Gasteiger partial charge in [0.05, 0.1) is 6.21 Å². The van der Waals surface area contributed by atoms with Gasteiger partial charge >= 0.3 is 17.1 Å². The van der Waals surface area contributed by atoms with E-state index in [1.807, 2.05) is 26.8 Å². The van der Waals surface area contributed by atoms with Crippen LogP contribution in [0.1, 0.15) is 63.8 Å². The Morgan fingerprint density at radius 1 is 0.968 bits per heavy atom. The monoisotopic (exact) mass is 480 g/mol. The predicted octanol–water partition coefficient (Wildman–Crippen LogP) is 1.89. The van der Waals surface area contributed by atoms with Gasteiger partial charge < -0.3 is 25.9 Å². The summed E-state index contributed by atoms with van der Waals surface area (Å²) in [6.07, 6.45) is 1.31. The van der Waals surface area contributed by atoms with E-state index in [1.165, 1.54) is 18.3 Å². The summed E-state index contributed by atoms with van der Waals surface area (Å²) in [6.45, 7) is 12.2. The summed E-state index contributed by atoms with van der Waals surface area (Å²) in [5, 5.41) is 49.0. The molecule has 1 radical (unpaired) electrons. The second-order valence-corrected chi connectivity index (χ2v) is 8.61. The summed E-state index contributed by atoms with van der Waals surface area (Å²) < 4.78 is 0. The van der Waals surface area contributed by atoms with Crippen molar-refractivity contribution < 1.29 is 43.0 Å². The zero-order valence-corrected chi connectivity index (χ0v) is 20.0. The number of aliphatic hydroxyl groups is 1. The van der Waals surface area contributed by atoms with Gasteiger partial charge in [-0.3, -0.25) is 0 Å². The molecule has 0 saturated heterocycles.